The van der Waals surface area contributed by atoms with Crippen LogP contribution in [0.4, 0.5) is 5.69 Å². The van der Waals surface area contributed by atoms with Gasteiger partial charge in [-0.2, -0.15) is 4.41 Å². The Morgan fingerprint density at radius 1 is 1.19 bits per heavy atom. The van der Waals surface area contributed by atoms with E-state index in [2.05, 4.69) is 12.0 Å². The van der Waals surface area contributed by atoms with Crippen LogP contribution in [0.3, 0.4) is 0 Å². The number of hydrazine groups is 1. The number of carbonyl (C=O) groups excluding carboxylic acids is 2. The summed E-state index contributed by atoms with van der Waals surface area (Å²) in [5, 5.41) is 9.01. The first-order chi connectivity index (χ1) is 12.6. The monoisotopic (exact) mass is 397 g/mol. The Bertz CT molecular complexity index is 750. The lowest BCUT2D eigenvalue weighted by Crippen LogP contribution is -2.51. The number of hydroxylamine groups is 1. The van der Waals surface area contributed by atoms with Crippen LogP contribution in [-0.2, 0) is 19.6 Å². The maximum atomic E-state index is 12.9. The van der Waals surface area contributed by atoms with E-state index in [9.17, 15) is 18.0 Å². The SMILES string of the molecule is C=CC[C@H](C(=O)NO)[C@@H](CC(C)C)C(=O)NN(c1ccccc1)S(C)(=O)=O. The van der Waals surface area contributed by atoms with Crippen molar-refractivity contribution >= 4 is 27.5 Å². The third-order valence-corrected chi connectivity index (χ3v) is 4.91. The van der Waals surface area contributed by atoms with Gasteiger partial charge in [0.1, 0.15) is 0 Å². The Balaban J connectivity index is 3.22. The van der Waals surface area contributed by atoms with Gasteiger partial charge >= 0.3 is 0 Å². The van der Waals surface area contributed by atoms with Crippen molar-refractivity contribution in [2.24, 2.45) is 17.8 Å². The summed E-state index contributed by atoms with van der Waals surface area (Å²) in [5.74, 6) is -3.03. The van der Waals surface area contributed by atoms with Crippen molar-refractivity contribution in [2.45, 2.75) is 26.7 Å². The molecule has 2 atom stereocenters. The summed E-state index contributed by atoms with van der Waals surface area (Å²) in [6.45, 7) is 7.35. The predicted molar refractivity (Wildman–Crippen MR) is 103 cm³/mol. The highest BCUT2D eigenvalue weighted by molar-refractivity contribution is 7.92. The zero-order valence-electron chi connectivity index (χ0n) is 15.8. The van der Waals surface area contributed by atoms with Gasteiger partial charge in [0.05, 0.1) is 23.8 Å². The summed E-state index contributed by atoms with van der Waals surface area (Å²) in [6.07, 6.45) is 2.93. The third-order valence-electron chi connectivity index (χ3n) is 3.95. The largest absolute Gasteiger partial charge is 0.289 e. The van der Waals surface area contributed by atoms with E-state index in [1.54, 1.807) is 35.8 Å². The second-order valence-corrected chi connectivity index (χ2v) is 8.51. The number of hydrogen-bond acceptors (Lipinski definition) is 5. The molecule has 0 bridgehead atoms. The number of carbonyl (C=O) groups is 2. The van der Waals surface area contributed by atoms with Gasteiger partial charge in [0.2, 0.25) is 21.8 Å². The van der Waals surface area contributed by atoms with E-state index in [-0.39, 0.29) is 18.0 Å². The van der Waals surface area contributed by atoms with Gasteiger partial charge < -0.3 is 0 Å². The van der Waals surface area contributed by atoms with Gasteiger partial charge in [-0.05, 0) is 30.9 Å². The molecule has 1 rings (SSSR count). The van der Waals surface area contributed by atoms with E-state index in [1.807, 2.05) is 13.8 Å². The van der Waals surface area contributed by atoms with Gasteiger partial charge in [-0.3, -0.25) is 20.2 Å². The van der Waals surface area contributed by atoms with E-state index in [0.29, 0.717) is 6.42 Å². The van der Waals surface area contributed by atoms with Crippen molar-refractivity contribution in [1.82, 2.24) is 10.9 Å². The Morgan fingerprint density at radius 3 is 2.22 bits per heavy atom. The van der Waals surface area contributed by atoms with Gasteiger partial charge in [0.15, 0.2) is 0 Å². The highest BCUT2D eigenvalue weighted by atomic mass is 32.2. The first-order valence-corrected chi connectivity index (χ1v) is 10.4. The van der Waals surface area contributed by atoms with Crippen LogP contribution in [0.15, 0.2) is 43.0 Å². The van der Waals surface area contributed by atoms with Crippen molar-refractivity contribution in [3.05, 3.63) is 43.0 Å². The molecular weight excluding hydrogens is 370 g/mol. The Hall–Kier alpha value is -2.39. The fourth-order valence-corrected chi connectivity index (χ4v) is 3.52. The smallest absolute Gasteiger partial charge is 0.249 e. The number of para-hydroxylation sites is 1. The van der Waals surface area contributed by atoms with Gasteiger partial charge in [-0.1, -0.05) is 38.1 Å². The summed E-state index contributed by atoms with van der Waals surface area (Å²) in [7, 11) is -3.81. The first-order valence-electron chi connectivity index (χ1n) is 8.52. The number of amides is 2. The van der Waals surface area contributed by atoms with Crippen molar-refractivity contribution in [3.63, 3.8) is 0 Å². The fourth-order valence-electron chi connectivity index (χ4n) is 2.76. The van der Waals surface area contributed by atoms with E-state index < -0.39 is 33.7 Å². The van der Waals surface area contributed by atoms with Crippen molar-refractivity contribution in [2.75, 3.05) is 10.7 Å². The quantitative estimate of drug-likeness (QED) is 0.316. The van der Waals surface area contributed by atoms with E-state index in [1.165, 1.54) is 6.08 Å². The van der Waals surface area contributed by atoms with Gasteiger partial charge in [-0.25, -0.2) is 13.9 Å². The van der Waals surface area contributed by atoms with Crippen LogP contribution in [0, 0.1) is 17.8 Å². The number of anilines is 1. The number of hydrogen-bond donors (Lipinski definition) is 3. The second kappa shape index (κ2) is 10.1. The molecular formula is C18H27N3O5S. The Kier molecular flexibility index (Phi) is 8.45. The second-order valence-electron chi connectivity index (χ2n) is 6.68. The van der Waals surface area contributed by atoms with E-state index in [0.717, 1.165) is 10.7 Å². The van der Waals surface area contributed by atoms with Gasteiger partial charge in [0, 0.05) is 0 Å². The number of rotatable bonds is 10. The molecule has 2 amide bonds. The fraction of sp³-hybridized carbons (Fsp3) is 0.444. The molecule has 0 fully saturated rings. The molecule has 0 aromatic heterocycles. The van der Waals surface area contributed by atoms with Crippen molar-refractivity contribution < 1.29 is 23.2 Å². The molecule has 8 nitrogen and oxygen atoms in total. The lowest BCUT2D eigenvalue weighted by molar-refractivity contribution is -0.140. The molecule has 0 radical (unpaired) electrons. The summed E-state index contributed by atoms with van der Waals surface area (Å²) >= 11 is 0. The normalized spacial score (nSPS) is 13.5. The zero-order valence-corrected chi connectivity index (χ0v) is 16.6. The first kappa shape index (κ1) is 22.7. The molecule has 27 heavy (non-hydrogen) atoms. The van der Waals surface area contributed by atoms with Gasteiger partial charge in [0.25, 0.3) is 0 Å². The van der Waals surface area contributed by atoms with Crippen molar-refractivity contribution in [3.8, 4) is 0 Å². The third kappa shape index (κ3) is 6.69. The zero-order chi connectivity index (χ0) is 20.6. The topological polar surface area (TPSA) is 116 Å². The molecule has 150 valence electrons. The molecule has 0 spiro atoms. The average molecular weight is 397 g/mol. The number of benzene rings is 1. The van der Waals surface area contributed by atoms with Crippen LogP contribution in [-0.4, -0.2) is 31.7 Å². The molecule has 0 saturated carbocycles. The standard InChI is InChI=1S/C18H27N3O5S/c1-5-9-15(18(23)20-24)16(12-13(2)3)17(22)19-21(27(4,25)26)14-10-7-6-8-11-14/h5-8,10-11,13,15-16,24H,1,9,12H2,2-4H3,(H,19,22)(H,20,23)/t15-,16+/m0/s1. The Labute approximate surface area is 160 Å². The molecule has 9 heteroatoms. The number of sulfonamides is 1. The molecule has 0 aliphatic rings. The van der Waals surface area contributed by atoms with Crippen molar-refractivity contribution in [1.29, 1.82) is 0 Å². The van der Waals surface area contributed by atoms with Crippen LogP contribution in [0.25, 0.3) is 0 Å². The lowest BCUT2D eigenvalue weighted by Gasteiger charge is -2.29. The summed E-state index contributed by atoms with van der Waals surface area (Å²) in [5.41, 5.74) is 4.25. The maximum Gasteiger partial charge on any atom is 0.249 e. The van der Waals surface area contributed by atoms with Crippen LogP contribution < -0.4 is 15.3 Å². The van der Waals surface area contributed by atoms with Crippen LogP contribution in [0.1, 0.15) is 26.7 Å². The highest BCUT2D eigenvalue weighted by Crippen LogP contribution is 2.26. The molecule has 0 heterocycles. The molecule has 1 aromatic rings. The minimum absolute atomic E-state index is 0.0583. The minimum Gasteiger partial charge on any atom is -0.289 e. The van der Waals surface area contributed by atoms with Crippen LogP contribution >= 0.6 is 0 Å². The summed E-state index contributed by atoms with van der Waals surface area (Å²) in [6, 6.07) is 8.09. The number of allylic oxidation sites excluding steroid dienone is 1. The summed E-state index contributed by atoms with van der Waals surface area (Å²) < 4.78 is 25.1. The maximum absolute atomic E-state index is 12.9. The van der Waals surface area contributed by atoms with E-state index in [4.69, 9.17) is 5.21 Å². The van der Waals surface area contributed by atoms with Gasteiger partial charge in [-0.15, -0.1) is 6.58 Å². The molecule has 0 unspecified atom stereocenters. The average Bonchev–Trinajstić information content (AvgIpc) is 2.61. The van der Waals surface area contributed by atoms with E-state index >= 15 is 0 Å². The molecule has 3 N–H and O–H groups in total. The highest BCUT2D eigenvalue weighted by Gasteiger charge is 2.35. The Morgan fingerprint density at radius 2 is 1.78 bits per heavy atom. The van der Waals surface area contributed by atoms with Crippen LogP contribution in [0.5, 0.6) is 0 Å². The predicted octanol–water partition coefficient (Wildman–Crippen LogP) is 1.84. The number of nitrogens with zero attached hydrogens (tertiary/aromatic N) is 1. The molecule has 0 aliphatic carbocycles. The molecule has 0 aliphatic heterocycles. The summed E-state index contributed by atoms with van der Waals surface area (Å²) in [4.78, 5) is 25.0. The minimum atomic E-state index is -3.81. The molecule has 0 saturated heterocycles. The molecule has 1 aromatic carbocycles. The number of nitrogens with one attached hydrogen (secondary N) is 2. The van der Waals surface area contributed by atoms with Crippen LogP contribution in [0.2, 0.25) is 0 Å². The lowest BCUT2D eigenvalue weighted by atomic mass is 9.82.